The zero-order valence-corrected chi connectivity index (χ0v) is 9.28. The molecule has 1 aromatic rings. The molecule has 1 aromatic carbocycles. The van der Waals surface area contributed by atoms with Crippen LogP contribution >= 0.6 is 0 Å². The van der Waals surface area contributed by atoms with E-state index in [1.54, 1.807) is 12.1 Å². The van der Waals surface area contributed by atoms with Crippen molar-refractivity contribution < 1.29 is 4.74 Å². The molecule has 0 spiro atoms. The Hall–Kier alpha value is -1.53. The van der Waals surface area contributed by atoms with Gasteiger partial charge in [0.05, 0.1) is 18.2 Å². The van der Waals surface area contributed by atoms with Gasteiger partial charge in [0, 0.05) is 12.0 Å². The van der Waals surface area contributed by atoms with Gasteiger partial charge in [-0.3, -0.25) is 0 Å². The Morgan fingerprint density at radius 2 is 2.25 bits per heavy atom. The summed E-state index contributed by atoms with van der Waals surface area (Å²) in [5.41, 5.74) is 6.57. The van der Waals surface area contributed by atoms with Crippen LogP contribution in [-0.4, -0.2) is 13.2 Å². The number of rotatable bonds is 4. The van der Waals surface area contributed by atoms with Gasteiger partial charge in [-0.15, -0.1) is 0 Å². The summed E-state index contributed by atoms with van der Waals surface area (Å²) in [6, 6.07) is 9.36. The minimum Gasteiger partial charge on any atom is -0.493 e. The van der Waals surface area contributed by atoms with Gasteiger partial charge in [-0.05, 0) is 31.0 Å². The average Bonchev–Trinajstić information content (AvgIpc) is 2.29. The average molecular weight is 216 g/mol. The topological polar surface area (TPSA) is 59.0 Å². The highest BCUT2D eigenvalue weighted by Gasteiger charge is 2.36. The number of hydrogen-bond donors (Lipinski definition) is 1. The molecule has 3 nitrogen and oxygen atoms in total. The molecule has 0 radical (unpaired) electrons. The van der Waals surface area contributed by atoms with Crippen LogP contribution < -0.4 is 10.5 Å². The minimum absolute atomic E-state index is 0.183. The summed E-state index contributed by atoms with van der Waals surface area (Å²) in [5.74, 6) is 0.763. The molecule has 1 aliphatic rings. The summed E-state index contributed by atoms with van der Waals surface area (Å²) in [5, 5.41) is 8.77. The fraction of sp³-hybridized carbons (Fsp3) is 0.462. The lowest BCUT2D eigenvalue weighted by Crippen LogP contribution is -2.42. The maximum absolute atomic E-state index is 8.77. The van der Waals surface area contributed by atoms with Crippen molar-refractivity contribution in [2.45, 2.75) is 19.3 Å². The van der Waals surface area contributed by atoms with E-state index in [2.05, 4.69) is 6.07 Å². The monoisotopic (exact) mass is 216 g/mol. The molecule has 16 heavy (non-hydrogen) atoms. The molecular weight excluding hydrogens is 200 g/mol. The van der Waals surface area contributed by atoms with Crippen molar-refractivity contribution in [1.29, 1.82) is 5.26 Å². The fourth-order valence-electron chi connectivity index (χ4n) is 1.98. The molecule has 0 unspecified atom stereocenters. The second-order valence-electron chi connectivity index (χ2n) is 4.49. The standard InChI is InChI=1S/C13H16N2O/c14-8-11-3-1-4-12(7-11)16-10-13(9-15)5-2-6-13/h1,3-4,7H,2,5-6,9-10,15H2. The van der Waals surface area contributed by atoms with Crippen molar-refractivity contribution in [3.8, 4) is 11.8 Å². The first-order valence-electron chi connectivity index (χ1n) is 5.61. The molecule has 1 saturated carbocycles. The molecule has 1 aliphatic carbocycles. The van der Waals surface area contributed by atoms with Crippen LogP contribution in [0.2, 0.25) is 0 Å². The van der Waals surface area contributed by atoms with Gasteiger partial charge in [0.1, 0.15) is 5.75 Å². The minimum atomic E-state index is 0.183. The zero-order chi connectivity index (χ0) is 11.4. The van der Waals surface area contributed by atoms with Gasteiger partial charge < -0.3 is 10.5 Å². The molecule has 3 heteroatoms. The van der Waals surface area contributed by atoms with E-state index in [-0.39, 0.29) is 5.41 Å². The lowest BCUT2D eigenvalue weighted by molar-refractivity contribution is 0.0667. The molecule has 0 atom stereocenters. The van der Waals surface area contributed by atoms with Crippen LogP contribution in [0.4, 0.5) is 0 Å². The number of ether oxygens (including phenoxy) is 1. The maximum Gasteiger partial charge on any atom is 0.120 e. The van der Waals surface area contributed by atoms with Gasteiger partial charge in [-0.25, -0.2) is 0 Å². The molecule has 0 amide bonds. The van der Waals surface area contributed by atoms with Crippen molar-refractivity contribution in [3.63, 3.8) is 0 Å². The zero-order valence-electron chi connectivity index (χ0n) is 9.28. The first-order chi connectivity index (χ1) is 7.78. The van der Waals surface area contributed by atoms with Gasteiger partial charge in [-0.2, -0.15) is 5.26 Å². The highest BCUT2D eigenvalue weighted by molar-refractivity contribution is 5.36. The van der Waals surface area contributed by atoms with Crippen molar-refractivity contribution in [2.75, 3.05) is 13.2 Å². The molecule has 0 aliphatic heterocycles. The Morgan fingerprint density at radius 1 is 1.44 bits per heavy atom. The molecule has 0 saturated heterocycles. The Labute approximate surface area is 95.8 Å². The molecule has 84 valence electrons. The van der Waals surface area contributed by atoms with Crippen molar-refractivity contribution in [3.05, 3.63) is 29.8 Å². The van der Waals surface area contributed by atoms with E-state index in [0.29, 0.717) is 18.7 Å². The van der Waals surface area contributed by atoms with Gasteiger partial charge in [-0.1, -0.05) is 12.5 Å². The van der Waals surface area contributed by atoms with Gasteiger partial charge in [0.2, 0.25) is 0 Å². The second-order valence-corrected chi connectivity index (χ2v) is 4.49. The predicted octanol–water partition coefficient (Wildman–Crippen LogP) is 2.07. The Kier molecular flexibility index (Phi) is 3.12. The Bertz CT molecular complexity index is 399. The Morgan fingerprint density at radius 3 is 2.81 bits per heavy atom. The molecular formula is C13H16N2O. The Balaban J connectivity index is 1.96. The van der Waals surface area contributed by atoms with Gasteiger partial charge >= 0.3 is 0 Å². The molecule has 0 heterocycles. The van der Waals surface area contributed by atoms with Crippen LogP contribution in [0.15, 0.2) is 24.3 Å². The smallest absolute Gasteiger partial charge is 0.120 e. The van der Waals surface area contributed by atoms with E-state index >= 15 is 0 Å². The summed E-state index contributed by atoms with van der Waals surface area (Å²) in [6.45, 7) is 1.35. The largest absolute Gasteiger partial charge is 0.493 e. The lowest BCUT2D eigenvalue weighted by Gasteiger charge is -2.40. The summed E-state index contributed by atoms with van der Waals surface area (Å²) >= 11 is 0. The van der Waals surface area contributed by atoms with E-state index in [9.17, 15) is 0 Å². The van der Waals surface area contributed by atoms with E-state index in [0.717, 1.165) is 18.6 Å². The van der Waals surface area contributed by atoms with Crippen molar-refractivity contribution >= 4 is 0 Å². The second kappa shape index (κ2) is 4.54. The third kappa shape index (κ3) is 2.17. The summed E-state index contributed by atoms with van der Waals surface area (Å²) in [6.07, 6.45) is 3.56. The van der Waals surface area contributed by atoms with Crippen LogP contribution in [0.5, 0.6) is 5.75 Å². The third-order valence-electron chi connectivity index (χ3n) is 3.36. The first kappa shape index (κ1) is 11.0. The van der Waals surface area contributed by atoms with Crippen LogP contribution in [0.1, 0.15) is 24.8 Å². The van der Waals surface area contributed by atoms with E-state index in [1.807, 2.05) is 12.1 Å². The quantitative estimate of drug-likeness (QED) is 0.838. The van der Waals surface area contributed by atoms with Crippen LogP contribution in [0.3, 0.4) is 0 Å². The number of nitriles is 1. The molecule has 1 fully saturated rings. The van der Waals surface area contributed by atoms with Crippen molar-refractivity contribution in [1.82, 2.24) is 0 Å². The van der Waals surface area contributed by atoms with Crippen molar-refractivity contribution in [2.24, 2.45) is 11.1 Å². The third-order valence-corrected chi connectivity index (χ3v) is 3.36. The summed E-state index contributed by atoms with van der Waals surface area (Å²) < 4.78 is 5.72. The first-order valence-corrected chi connectivity index (χ1v) is 5.61. The SMILES string of the molecule is N#Cc1cccc(OCC2(CN)CCC2)c1. The normalized spacial score (nSPS) is 17.2. The summed E-state index contributed by atoms with van der Waals surface area (Å²) in [7, 11) is 0. The molecule has 2 N–H and O–H groups in total. The van der Waals surface area contributed by atoms with Crippen LogP contribution in [0, 0.1) is 16.7 Å². The van der Waals surface area contributed by atoms with E-state index in [1.165, 1.54) is 6.42 Å². The predicted molar refractivity (Wildman–Crippen MR) is 62.0 cm³/mol. The highest BCUT2D eigenvalue weighted by Crippen LogP contribution is 2.40. The fourth-order valence-corrected chi connectivity index (χ4v) is 1.98. The summed E-state index contributed by atoms with van der Waals surface area (Å²) in [4.78, 5) is 0. The van der Waals surface area contributed by atoms with Gasteiger partial charge in [0.15, 0.2) is 0 Å². The maximum atomic E-state index is 8.77. The van der Waals surface area contributed by atoms with Crippen LogP contribution in [-0.2, 0) is 0 Å². The number of nitrogens with zero attached hydrogens (tertiary/aromatic N) is 1. The molecule has 0 aromatic heterocycles. The lowest BCUT2D eigenvalue weighted by atomic mass is 9.69. The van der Waals surface area contributed by atoms with Gasteiger partial charge in [0.25, 0.3) is 0 Å². The highest BCUT2D eigenvalue weighted by atomic mass is 16.5. The molecule has 2 rings (SSSR count). The number of nitrogens with two attached hydrogens (primary N) is 1. The van der Waals surface area contributed by atoms with E-state index < -0.39 is 0 Å². The molecule has 0 bridgehead atoms. The van der Waals surface area contributed by atoms with E-state index in [4.69, 9.17) is 15.7 Å². The van der Waals surface area contributed by atoms with Crippen LogP contribution in [0.25, 0.3) is 0 Å². The number of hydrogen-bond acceptors (Lipinski definition) is 3. The number of benzene rings is 1.